The van der Waals surface area contributed by atoms with Crippen LogP contribution in [0, 0.1) is 24.1 Å². The lowest BCUT2D eigenvalue weighted by Crippen LogP contribution is -2.32. The summed E-state index contributed by atoms with van der Waals surface area (Å²) in [5, 5.41) is 11.8. The third-order valence-corrected chi connectivity index (χ3v) is 3.79. The maximum absolute atomic E-state index is 13.0. The Morgan fingerprint density at radius 2 is 1.92 bits per heavy atom. The van der Waals surface area contributed by atoms with Gasteiger partial charge in [-0.1, -0.05) is 38.1 Å². The quantitative estimate of drug-likeness (QED) is 0.864. The fraction of sp³-hybridized carbons (Fsp3) is 0.300. The van der Waals surface area contributed by atoms with Crippen molar-refractivity contribution in [1.82, 2.24) is 5.32 Å². The van der Waals surface area contributed by atoms with Crippen LogP contribution in [0.5, 0.6) is 5.75 Å². The molecule has 0 unspecified atom stereocenters. The molecule has 0 radical (unpaired) electrons. The summed E-state index contributed by atoms with van der Waals surface area (Å²) in [6.07, 6.45) is 0. The normalized spacial score (nSPS) is 11.7. The molecule has 5 heteroatoms. The van der Waals surface area contributed by atoms with Gasteiger partial charge in [0, 0.05) is 0 Å². The molecule has 1 amide bonds. The Labute approximate surface area is 147 Å². The highest BCUT2D eigenvalue weighted by molar-refractivity contribution is 5.78. The summed E-state index contributed by atoms with van der Waals surface area (Å²) in [5.74, 6) is 0.132. The first kappa shape index (κ1) is 18.5. The van der Waals surface area contributed by atoms with Gasteiger partial charge in [-0.05, 0) is 47.7 Å². The van der Waals surface area contributed by atoms with Gasteiger partial charge in [0.2, 0.25) is 0 Å². The van der Waals surface area contributed by atoms with Crippen LogP contribution in [0.4, 0.5) is 4.39 Å². The van der Waals surface area contributed by atoms with Crippen LogP contribution < -0.4 is 10.1 Å². The van der Waals surface area contributed by atoms with Crippen LogP contribution in [-0.4, -0.2) is 12.5 Å². The minimum Gasteiger partial charge on any atom is -0.483 e. The lowest BCUT2D eigenvalue weighted by Gasteiger charge is -2.16. The second kappa shape index (κ2) is 8.29. The molecule has 0 aliphatic rings. The van der Waals surface area contributed by atoms with Gasteiger partial charge in [-0.2, -0.15) is 5.26 Å². The Bertz CT molecular complexity index is 779. The molecule has 0 aliphatic carbocycles. The van der Waals surface area contributed by atoms with Gasteiger partial charge in [0.15, 0.2) is 6.61 Å². The van der Waals surface area contributed by atoms with Crippen molar-refractivity contribution in [2.45, 2.75) is 32.7 Å². The van der Waals surface area contributed by atoms with E-state index in [-0.39, 0.29) is 12.5 Å². The maximum atomic E-state index is 13.0. The molecule has 0 bridgehead atoms. The van der Waals surface area contributed by atoms with Gasteiger partial charge in [0.1, 0.15) is 17.6 Å². The molecule has 1 N–H and O–H groups in total. The van der Waals surface area contributed by atoms with Gasteiger partial charge >= 0.3 is 0 Å². The second-order valence-electron chi connectivity index (χ2n) is 6.17. The predicted octanol–water partition coefficient (Wildman–Crippen LogP) is 4.02. The van der Waals surface area contributed by atoms with Gasteiger partial charge in [-0.3, -0.25) is 4.79 Å². The van der Waals surface area contributed by atoms with Crippen LogP contribution in [0.25, 0.3) is 0 Å². The van der Waals surface area contributed by atoms with E-state index in [1.165, 1.54) is 24.3 Å². The molecule has 0 aromatic heterocycles. The molecule has 0 heterocycles. The lowest BCUT2D eigenvalue weighted by atomic mass is 10.0. The van der Waals surface area contributed by atoms with E-state index >= 15 is 0 Å². The van der Waals surface area contributed by atoms with Crippen LogP contribution >= 0.6 is 0 Å². The van der Waals surface area contributed by atoms with Crippen LogP contribution in [-0.2, 0) is 4.79 Å². The summed E-state index contributed by atoms with van der Waals surface area (Å²) in [5.41, 5.74) is 2.59. The number of nitrogens with zero attached hydrogens (tertiary/aromatic N) is 1. The van der Waals surface area contributed by atoms with Crippen LogP contribution in [0.3, 0.4) is 0 Å². The average Bonchev–Trinajstić information content (AvgIpc) is 2.58. The molecule has 0 aliphatic heterocycles. The summed E-state index contributed by atoms with van der Waals surface area (Å²) >= 11 is 0. The number of aryl methyl sites for hydroxylation is 1. The van der Waals surface area contributed by atoms with Crippen molar-refractivity contribution in [1.29, 1.82) is 5.26 Å². The van der Waals surface area contributed by atoms with Crippen molar-refractivity contribution in [3.63, 3.8) is 0 Å². The van der Waals surface area contributed by atoms with E-state index in [0.717, 1.165) is 11.1 Å². The fourth-order valence-corrected chi connectivity index (χ4v) is 2.43. The highest BCUT2D eigenvalue weighted by Gasteiger charge is 2.15. The zero-order valence-electron chi connectivity index (χ0n) is 14.5. The predicted molar refractivity (Wildman–Crippen MR) is 93.7 cm³/mol. The average molecular weight is 340 g/mol. The number of ether oxygens (including phenoxy) is 1. The minimum atomic E-state index is -0.848. The number of benzene rings is 2. The maximum Gasteiger partial charge on any atom is 0.259 e. The molecule has 4 nitrogen and oxygen atoms in total. The zero-order chi connectivity index (χ0) is 18.4. The molecular formula is C20H21FN2O2. The van der Waals surface area contributed by atoms with Gasteiger partial charge in [0.05, 0.1) is 6.07 Å². The number of carbonyl (C=O) groups is 1. The number of nitrogens with one attached hydrogen (secondary N) is 1. The highest BCUT2D eigenvalue weighted by atomic mass is 19.1. The van der Waals surface area contributed by atoms with E-state index in [0.29, 0.717) is 11.3 Å². The number of nitriles is 1. The van der Waals surface area contributed by atoms with Crippen LogP contribution in [0.15, 0.2) is 42.5 Å². The van der Waals surface area contributed by atoms with E-state index < -0.39 is 17.8 Å². The van der Waals surface area contributed by atoms with Crippen molar-refractivity contribution >= 4 is 5.91 Å². The first-order chi connectivity index (χ1) is 11.9. The molecule has 2 rings (SSSR count). The Balaban J connectivity index is 2.02. The third kappa shape index (κ3) is 5.05. The topological polar surface area (TPSA) is 62.1 Å². The molecule has 0 spiro atoms. The van der Waals surface area contributed by atoms with Crippen molar-refractivity contribution < 1.29 is 13.9 Å². The van der Waals surface area contributed by atoms with E-state index in [4.69, 9.17) is 4.74 Å². The first-order valence-corrected chi connectivity index (χ1v) is 8.08. The highest BCUT2D eigenvalue weighted by Crippen LogP contribution is 2.27. The molecule has 0 saturated carbocycles. The van der Waals surface area contributed by atoms with Gasteiger partial charge in [-0.25, -0.2) is 4.39 Å². The SMILES string of the molecule is Cc1ccc(C(C)C)c(OCC(=O)N[C@H](C#N)c2ccc(F)cc2)c1. The number of hydrogen-bond donors (Lipinski definition) is 1. The molecule has 1 atom stereocenters. The van der Waals surface area contributed by atoms with Crippen molar-refractivity contribution in [3.8, 4) is 11.8 Å². The number of rotatable bonds is 6. The lowest BCUT2D eigenvalue weighted by molar-refractivity contribution is -0.123. The minimum absolute atomic E-state index is 0.192. The first-order valence-electron chi connectivity index (χ1n) is 8.08. The standard InChI is InChI=1S/C20H21FN2O2/c1-13(2)17-9-4-14(3)10-19(17)25-12-20(24)23-18(11-22)15-5-7-16(21)8-6-15/h4-10,13,18H,12H2,1-3H3,(H,23,24)/t18-/m1/s1. The Morgan fingerprint density at radius 3 is 2.52 bits per heavy atom. The van der Waals surface area contributed by atoms with Crippen LogP contribution in [0.1, 0.15) is 42.5 Å². The summed E-state index contributed by atoms with van der Waals surface area (Å²) in [6, 6.07) is 12.5. The third-order valence-electron chi connectivity index (χ3n) is 3.79. The Kier molecular flexibility index (Phi) is 6.13. The van der Waals surface area contributed by atoms with E-state index in [1.807, 2.05) is 31.2 Å². The zero-order valence-corrected chi connectivity index (χ0v) is 14.5. The van der Waals surface area contributed by atoms with E-state index in [1.54, 1.807) is 0 Å². The molecular weight excluding hydrogens is 319 g/mol. The Morgan fingerprint density at radius 1 is 1.24 bits per heavy atom. The van der Waals surface area contributed by atoms with Gasteiger partial charge in [0.25, 0.3) is 5.91 Å². The largest absolute Gasteiger partial charge is 0.483 e. The van der Waals surface area contributed by atoms with E-state index in [2.05, 4.69) is 19.2 Å². The summed E-state index contributed by atoms with van der Waals surface area (Å²) < 4.78 is 18.6. The van der Waals surface area contributed by atoms with Crippen molar-refractivity contribution in [2.75, 3.05) is 6.61 Å². The molecule has 0 saturated heterocycles. The second-order valence-corrected chi connectivity index (χ2v) is 6.17. The van der Waals surface area contributed by atoms with E-state index in [9.17, 15) is 14.4 Å². The Hall–Kier alpha value is -2.87. The summed E-state index contributed by atoms with van der Waals surface area (Å²) in [6.45, 7) is 5.87. The molecule has 2 aromatic carbocycles. The smallest absolute Gasteiger partial charge is 0.259 e. The summed E-state index contributed by atoms with van der Waals surface area (Å²) in [7, 11) is 0. The molecule has 2 aromatic rings. The van der Waals surface area contributed by atoms with Crippen LogP contribution in [0.2, 0.25) is 0 Å². The monoisotopic (exact) mass is 340 g/mol. The number of halogens is 1. The number of amides is 1. The number of hydrogen-bond acceptors (Lipinski definition) is 3. The van der Waals surface area contributed by atoms with Crippen molar-refractivity contribution in [2.24, 2.45) is 0 Å². The fourth-order valence-electron chi connectivity index (χ4n) is 2.43. The van der Waals surface area contributed by atoms with Gasteiger partial charge < -0.3 is 10.1 Å². The molecule has 25 heavy (non-hydrogen) atoms. The molecule has 130 valence electrons. The van der Waals surface area contributed by atoms with Gasteiger partial charge in [-0.15, -0.1) is 0 Å². The summed E-state index contributed by atoms with van der Waals surface area (Å²) in [4.78, 5) is 12.1. The molecule has 0 fully saturated rings. The number of carbonyl (C=O) groups excluding carboxylic acids is 1. The van der Waals surface area contributed by atoms with Crippen molar-refractivity contribution in [3.05, 3.63) is 65.0 Å².